The second kappa shape index (κ2) is 7.03. The van der Waals surface area contributed by atoms with Crippen LogP contribution in [0.15, 0.2) is 18.7 Å². The number of rotatable bonds is 5. The van der Waals surface area contributed by atoms with Crippen molar-refractivity contribution in [1.82, 2.24) is 15.3 Å². The Labute approximate surface area is 106 Å². The molecule has 0 saturated carbocycles. The third-order valence-corrected chi connectivity index (χ3v) is 2.81. The molecule has 1 aromatic heterocycles. The molecule has 18 heavy (non-hydrogen) atoms. The fourth-order valence-corrected chi connectivity index (χ4v) is 1.87. The Bertz CT molecular complexity index is 366. The number of carbonyl (C=O) groups is 1. The van der Waals surface area contributed by atoms with Gasteiger partial charge >= 0.3 is 0 Å². The maximum absolute atomic E-state index is 11.6. The number of amides is 1. The highest BCUT2D eigenvalue weighted by Crippen LogP contribution is 2.08. The van der Waals surface area contributed by atoms with Gasteiger partial charge in [-0.3, -0.25) is 4.79 Å². The predicted molar refractivity (Wildman–Crippen MR) is 67.1 cm³/mol. The molecule has 1 aliphatic rings. The Balaban J connectivity index is 1.62. The third kappa shape index (κ3) is 4.38. The summed E-state index contributed by atoms with van der Waals surface area (Å²) >= 11 is 0. The van der Waals surface area contributed by atoms with E-state index >= 15 is 0 Å². The van der Waals surface area contributed by atoms with Crippen LogP contribution in [0.25, 0.3) is 0 Å². The number of anilines is 1. The van der Waals surface area contributed by atoms with E-state index in [4.69, 9.17) is 4.74 Å². The van der Waals surface area contributed by atoms with Gasteiger partial charge in [-0.25, -0.2) is 9.97 Å². The van der Waals surface area contributed by atoms with Gasteiger partial charge < -0.3 is 15.4 Å². The molecular formula is C12H18N4O2. The summed E-state index contributed by atoms with van der Waals surface area (Å²) in [5.41, 5.74) is 0.615. The third-order valence-electron chi connectivity index (χ3n) is 2.81. The van der Waals surface area contributed by atoms with Crippen LogP contribution in [0.1, 0.15) is 19.3 Å². The number of hydrogen-bond donors (Lipinski definition) is 2. The maximum Gasteiger partial charge on any atom is 0.226 e. The molecule has 0 atom stereocenters. The van der Waals surface area contributed by atoms with Crippen molar-refractivity contribution in [2.24, 2.45) is 0 Å². The van der Waals surface area contributed by atoms with Gasteiger partial charge in [-0.2, -0.15) is 0 Å². The van der Waals surface area contributed by atoms with Crippen molar-refractivity contribution in [3.63, 3.8) is 0 Å². The Hall–Kier alpha value is -1.53. The van der Waals surface area contributed by atoms with Gasteiger partial charge in [0.1, 0.15) is 6.33 Å². The van der Waals surface area contributed by atoms with Crippen LogP contribution < -0.4 is 10.6 Å². The first-order chi connectivity index (χ1) is 8.84. The van der Waals surface area contributed by atoms with Gasteiger partial charge in [-0.1, -0.05) is 0 Å². The summed E-state index contributed by atoms with van der Waals surface area (Å²) in [6.07, 6.45) is 7.26. The van der Waals surface area contributed by atoms with Gasteiger partial charge in [-0.15, -0.1) is 0 Å². The SMILES string of the molecule is O=C(CCOC1CCNCC1)Nc1cncnc1. The topological polar surface area (TPSA) is 76.1 Å². The summed E-state index contributed by atoms with van der Waals surface area (Å²) in [5.74, 6) is -0.0706. The fourth-order valence-electron chi connectivity index (χ4n) is 1.87. The summed E-state index contributed by atoms with van der Waals surface area (Å²) in [5, 5.41) is 6.00. The first-order valence-electron chi connectivity index (χ1n) is 6.22. The highest BCUT2D eigenvalue weighted by Gasteiger charge is 2.13. The zero-order chi connectivity index (χ0) is 12.6. The molecule has 2 heterocycles. The van der Waals surface area contributed by atoms with Crippen LogP contribution in [0.5, 0.6) is 0 Å². The molecule has 6 heteroatoms. The molecule has 2 N–H and O–H groups in total. The molecule has 1 amide bonds. The Morgan fingerprint density at radius 2 is 2.11 bits per heavy atom. The molecule has 0 unspecified atom stereocenters. The second-order valence-electron chi connectivity index (χ2n) is 4.25. The van der Waals surface area contributed by atoms with Gasteiger partial charge in [0.25, 0.3) is 0 Å². The number of aromatic nitrogens is 2. The van der Waals surface area contributed by atoms with Crippen molar-refractivity contribution in [2.75, 3.05) is 25.0 Å². The smallest absolute Gasteiger partial charge is 0.226 e. The first-order valence-corrected chi connectivity index (χ1v) is 6.22. The van der Waals surface area contributed by atoms with Crippen LogP contribution in [0.4, 0.5) is 5.69 Å². The zero-order valence-electron chi connectivity index (χ0n) is 10.3. The van der Waals surface area contributed by atoms with Crippen LogP contribution in [0.2, 0.25) is 0 Å². The molecular weight excluding hydrogens is 232 g/mol. The van der Waals surface area contributed by atoms with E-state index in [2.05, 4.69) is 20.6 Å². The van der Waals surface area contributed by atoms with Crippen LogP contribution in [0.3, 0.4) is 0 Å². The molecule has 1 saturated heterocycles. The minimum atomic E-state index is -0.0706. The van der Waals surface area contributed by atoms with Gasteiger partial charge in [-0.05, 0) is 25.9 Å². The Morgan fingerprint density at radius 1 is 1.39 bits per heavy atom. The van der Waals surface area contributed by atoms with E-state index < -0.39 is 0 Å². The minimum absolute atomic E-state index is 0.0706. The first kappa shape index (κ1) is 12.9. The number of carbonyl (C=O) groups excluding carboxylic acids is 1. The van der Waals surface area contributed by atoms with E-state index in [1.54, 1.807) is 12.4 Å². The van der Waals surface area contributed by atoms with E-state index in [0.29, 0.717) is 24.8 Å². The van der Waals surface area contributed by atoms with Crippen LogP contribution in [0, 0.1) is 0 Å². The van der Waals surface area contributed by atoms with E-state index in [1.807, 2.05) is 0 Å². The van der Waals surface area contributed by atoms with Gasteiger partial charge in [0.15, 0.2) is 0 Å². The van der Waals surface area contributed by atoms with E-state index in [0.717, 1.165) is 25.9 Å². The molecule has 0 radical (unpaired) electrons. The molecule has 1 aromatic rings. The quantitative estimate of drug-likeness (QED) is 0.799. The van der Waals surface area contributed by atoms with Crippen LogP contribution in [-0.2, 0) is 9.53 Å². The van der Waals surface area contributed by atoms with E-state index in [9.17, 15) is 4.79 Å². The molecule has 0 aromatic carbocycles. The standard InChI is InChI=1S/C12H18N4O2/c17-12(16-10-7-14-9-15-8-10)3-6-18-11-1-4-13-5-2-11/h7-9,11,13H,1-6H2,(H,16,17). The maximum atomic E-state index is 11.6. The summed E-state index contributed by atoms with van der Waals surface area (Å²) in [6, 6.07) is 0. The lowest BCUT2D eigenvalue weighted by atomic mass is 10.1. The van der Waals surface area contributed by atoms with Gasteiger partial charge in [0.2, 0.25) is 5.91 Å². The largest absolute Gasteiger partial charge is 0.378 e. The number of nitrogens with one attached hydrogen (secondary N) is 2. The number of nitrogens with zero attached hydrogens (tertiary/aromatic N) is 2. The average Bonchev–Trinajstić information content (AvgIpc) is 2.41. The van der Waals surface area contributed by atoms with Gasteiger partial charge in [0, 0.05) is 0 Å². The lowest BCUT2D eigenvalue weighted by Crippen LogP contribution is -2.33. The van der Waals surface area contributed by atoms with E-state index in [-0.39, 0.29) is 5.91 Å². The summed E-state index contributed by atoms with van der Waals surface area (Å²) in [6.45, 7) is 2.46. The predicted octanol–water partition coefficient (Wildman–Crippen LogP) is 0.574. The normalized spacial score (nSPS) is 16.4. The number of hydrogen-bond acceptors (Lipinski definition) is 5. The summed E-state index contributed by atoms with van der Waals surface area (Å²) < 4.78 is 5.66. The lowest BCUT2D eigenvalue weighted by Gasteiger charge is -2.22. The average molecular weight is 250 g/mol. The summed E-state index contributed by atoms with van der Waals surface area (Å²) in [7, 11) is 0. The highest BCUT2D eigenvalue weighted by atomic mass is 16.5. The monoisotopic (exact) mass is 250 g/mol. The van der Waals surface area contributed by atoms with Gasteiger partial charge in [0.05, 0.1) is 37.2 Å². The fraction of sp³-hybridized carbons (Fsp3) is 0.583. The molecule has 0 bridgehead atoms. The minimum Gasteiger partial charge on any atom is -0.378 e. The number of piperidine rings is 1. The molecule has 1 aliphatic heterocycles. The van der Waals surface area contributed by atoms with Crippen LogP contribution in [-0.4, -0.2) is 41.7 Å². The molecule has 6 nitrogen and oxygen atoms in total. The van der Waals surface area contributed by atoms with Crippen LogP contribution >= 0.6 is 0 Å². The van der Waals surface area contributed by atoms with Crippen molar-refractivity contribution in [3.8, 4) is 0 Å². The zero-order valence-corrected chi connectivity index (χ0v) is 10.3. The van der Waals surface area contributed by atoms with Crippen molar-refractivity contribution < 1.29 is 9.53 Å². The van der Waals surface area contributed by atoms with Crippen molar-refractivity contribution >= 4 is 11.6 Å². The van der Waals surface area contributed by atoms with Crippen molar-refractivity contribution in [3.05, 3.63) is 18.7 Å². The Morgan fingerprint density at radius 3 is 2.83 bits per heavy atom. The Kier molecular flexibility index (Phi) is 5.04. The molecule has 0 spiro atoms. The molecule has 2 rings (SSSR count). The second-order valence-corrected chi connectivity index (χ2v) is 4.25. The molecule has 1 fully saturated rings. The summed E-state index contributed by atoms with van der Waals surface area (Å²) in [4.78, 5) is 19.2. The molecule has 0 aliphatic carbocycles. The lowest BCUT2D eigenvalue weighted by molar-refractivity contribution is -0.117. The van der Waals surface area contributed by atoms with Crippen molar-refractivity contribution in [2.45, 2.75) is 25.4 Å². The molecule has 98 valence electrons. The van der Waals surface area contributed by atoms with E-state index in [1.165, 1.54) is 6.33 Å². The highest BCUT2D eigenvalue weighted by molar-refractivity contribution is 5.90. The number of ether oxygens (including phenoxy) is 1. The van der Waals surface area contributed by atoms with Crippen molar-refractivity contribution in [1.29, 1.82) is 0 Å².